The topological polar surface area (TPSA) is 130 Å². The standard InChI is InChI=1S/C29H22ClNO7/c1-14-20-11-22-23(16-3-7-18(30)8-4-16)13-37-26(22)15(2)27(20)38-29(36)21(14)12-24(33)31-25(28(34)35)17-5-9-19(32)10-6-17/h3-11,13,25,32H,12H2,1-2H3,(H,31,33)(H,34,35). The highest BCUT2D eigenvalue weighted by atomic mass is 35.5. The average Bonchev–Trinajstić information content (AvgIpc) is 3.31. The number of rotatable bonds is 6. The monoisotopic (exact) mass is 531 g/mol. The number of aliphatic carboxylic acids is 1. The summed E-state index contributed by atoms with van der Waals surface area (Å²) in [7, 11) is 0. The van der Waals surface area contributed by atoms with Gasteiger partial charge in [-0.05, 0) is 60.9 Å². The summed E-state index contributed by atoms with van der Waals surface area (Å²) < 4.78 is 11.5. The van der Waals surface area contributed by atoms with E-state index in [4.69, 9.17) is 20.4 Å². The summed E-state index contributed by atoms with van der Waals surface area (Å²) in [5, 5.41) is 23.6. The highest BCUT2D eigenvalue weighted by molar-refractivity contribution is 6.30. The fourth-order valence-corrected chi connectivity index (χ4v) is 4.71. The molecule has 0 aliphatic rings. The van der Waals surface area contributed by atoms with Gasteiger partial charge in [0.2, 0.25) is 5.91 Å². The minimum Gasteiger partial charge on any atom is -0.508 e. The number of hydrogen-bond acceptors (Lipinski definition) is 6. The van der Waals surface area contributed by atoms with E-state index in [1.165, 1.54) is 24.3 Å². The van der Waals surface area contributed by atoms with Crippen LogP contribution in [0.15, 0.2) is 74.5 Å². The molecular formula is C29H22ClNO7. The van der Waals surface area contributed by atoms with Gasteiger partial charge in [-0.15, -0.1) is 0 Å². The van der Waals surface area contributed by atoms with Gasteiger partial charge in [0.1, 0.15) is 16.9 Å². The second-order valence-corrected chi connectivity index (χ2v) is 9.45. The van der Waals surface area contributed by atoms with Crippen LogP contribution in [-0.2, 0) is 16.0 Å². The van der Waals surface area contributed by atoms with Crippen LogP contribution in [0.2, 0.25) is 5.02 Å². The van der Waals surface area contributed by atoms with Gasteiger partial charge in [0.15, 0.2) is 6.04 Å². The Morgan fingerprint density at radius 3 is 2.32 bits per heavy atom. The van der Waals surface area contributed by atoms with E-state index in [2.05, 4.69) is 5.32 Å². The second-order valence-electron chi connectivity index (χ2n) is 9.01. The molecule has 2 aromatic heterocycles. The van der Waals surface area contributed by atoms with E-state index in [9.17, 15) is 24.6 Å². The summed E-state index contributed by atoms with van der Waals surface area (Å²) >= 11 is 6.04. The zero-order valence-electron chi connectivity index (χ0n) is 20.4. The molecular weight excluding hydrogens is 510 g/mol. The molecule has 1 unspecified atom stereocenters. The Kier molecular flexibility index (Phi) is 6.42. The number of amides is 1. The summed E-state index contributed by atoms with van der Waals surface area (Å²) in [6.45, 7) is 3.52. The molecule has 8 nitrogen and oxygen atoms in total. The molecule has 1 atom stereocenters. The van der Waals surface area contributed by atoms with Crippen molar-refractivity contribution in [1.82, 2.24) is 5.32 Å². The molecule has 192 valence electrons. The summed E-state index contributed by atoms with van der Waals surface area (Å²) in [5.74, 6) is -1.97. The lowest BCUT2D eigenvalue weighted by molar-refractivity contribution is -0.142. The maximum absolute atomic E-state index is 12.9. The Morgan fingerprint density at radius 2 is 1.66 bits per heavy atom. The third kappa shape index (κ3) is 4.50. The molecule has 0 aliphatic heterocycles. The first-order chi connectivity index (χ1) is 18.1. The smallest absolute Gasteiger partial charge is 0.340 e. The molecule has 5 aromatic rings. The minimum atomic E-state index is -1.36. The molecule has 3 N–H and O–H groups in total. The molecule has 0 fully saturated rings. The second kappa shape index (κ2) is 9.72. The normalized spacial score (nSPS) is 12.1. The Labute approximate surface area is 221 Å². The van der Waals surface area contributed by atoms with E-state index < -0.39 is 23.5 Å². The van der Waals surface area contributed by atoms with Gasteiger partial charge in [-0.25, -0.2) is 9.59 Å². The third-order valence-electron chi connectivity index (χ3n) is 6.61. The number of carbonyl (C=O) groups is 2. The van der Waals surface area contributed by atoms with Crippen LogP contribution in [0, 0.1) is 13.8 Å². The number of hydrogen-bond donors (Lipinski definition) is 3. The van der Waals surface area contributed by atoms with Crippen molar-refractivity contribution in [3.63, 3.8) is 0 Å². The van der Waals surface area contributed by atoms with Crippen molar-refractivity contribution in [2.24, 2.45) is 0 Å². The van der Waals surface area contributed by atoms with Gasteiger partial charge in [0.05, 0.1) is 18.2 Å². The Hall–Kier alpha value is -4.56. The third-order valence-corrected chi connectivity index (χ3v) is 6.86. The van der Waals surface area contributed by atoms with Crippen molar-refractivity contribution < 1.29 is 28.6 Å². The summed E-state index contributed by atoms with van der Waals surface area (Å²) in [6.07, 6.45) is 1.26. The van der Waals surface area contributed by atoms with Crippen LogP contribution in [0.25, 0.3) is 33.1 Å². The van der Waals surface area contributed by atoms with Crippen molar-refractivity contribution in [3.05, 3.63) is 98.6 Å². The number of carbonyl (C=O) groups excluding carboxylic acids is 1. The molecule has 1 amide bonds. The van der Waals surface area contributed by atoms with Crippen LogP contribution in [0.4, 0.5) is 0 Å². The first-order valence-electron chi connectivity index (χ1n) is 11.7. The van der Waals surface area contributed by atoms with E-state index in [0.717, 1.165) is 16.5 Å². The number of aryl methyl sites for hydroxylation is 2. The molecule has 0 bridgehead atoms. The maximum atomic E-state index is 12.9. The van der Waals surface area contributed by atoms with Crippen molar-refractivity contribution >= 4 is 45.4 Å². The van der Waals surface area contributed by atoms with Crippen LogP contribution in [0.5, 0.6) is 5.75 Å². The lowest BCUT2D eigenvalue weighted by Gasteiger charge is -2.16. The van der Waals surface area contributed by atoms with E-state index in [1.807, 2.05) is 18.2 Å². The van der Waals surface area contributed by atoms with Crippen molar-refractivity contribution in [3.8, 4) is 16.9 Å². The van der Waals surface area contributed by atoms with Crippen molar-refractivity contribution in [2.75, 3.05) is 0 Å². The van der Waals surface area contributed by atoms with Crippen LogP contribution < -0.4 is 10.9 Å². The lowest BCUT2D eigenvalue weighted by atomic mass is 9.97. The first-order valence-corrected chi connectivity index (χ1v) is 12.1. The zero-order chi connectivity index (χ0) is 27.1. The molecule has 9 heteroatoms. The van der Waals surface area contributed by atoms with Crippen LogP contribution in [0.1, 0.15) is 28.3 Å². The van der Waals surface area contributed by atoms with Gasteiger partial charge in [0.25, 0.3) is 0 Å². The number of aromatic hydroxyl groups is 1. The number of carboxylic acids is 1. The molecule has 0 saturated heterocycles. The van der Waals surface area contributed by atoms with E-state index >= 15 is 0 Å². The van der Waals surface area contributed by atoms with Crippen molar-refractivity contribution in [1.29, 1.82) is 0 Å². The Morgan fingerprint density at radius 1 is 0.974 bits per heavy atom. The van der Waals surface area contributed by atoms with E-state index in [0.29, 0.717) is 32.7 Å². The minimum absolute atomic E-state index is 0.0325. The van der Waals surface area contributed by atoms with Gasteiger partial charge < -0.3 is 24.4 Å². The molecule has 0 spiro atoms. The first kappa shape index (κ1) is 25.1. The maximum Gasteiger partial charge on any atom is 0.340 e. The predicted octanol–water partition coefficient (Wildman–Crippen LogP) is 5.67. The number of furan rings is 1. The van der Waals surface area contributed by atoms with Gasteiger partial charge >= 0.3 is 11.6 Å². The van der Waals surface area contributed by atoms with Crippen molar-refractivity contribution in [2.45, 2.75) is 26.3 Å². The fourth-order valence-electron chi connectivity index (χ4n) is 4.58. The molecule has 0 radical (unpaired) electrons. The Bertz CT molecular complexity index is 1770. The number of halogens is 1. The van der Waals surface area contributed by atoms with Crippen LogP contribution >= 0.6 is 11.6 Å². The fraction of sp³-hybridized carbons (Fsp3) is 0.138. The highest BCUT2D eigenvalue weighted by Gasteiger charge is 2.25. The Balaban J connectivity index is 1.54. The zero-order valence-corrected chi connectivity index (χ0v) is 21.1. The molecule has 0 saturated carbocycles. The molecule has 2 heterocycles. The van der Waals surface area contributed by atoms with Gasteiger partial charge in [-0.2, -0.15) is 0 Å². The predicted molar refractivity (Wildman–Crippen MR) is 143 cm³/mol. The highest BCUT2D eigenvalue weighted by Crippen LogP contribution is 2.37. The summed E-state index contributed by atoms with van der Waals surface area (Å²) in [5.41, 5.74) is 3.58. The molecule has 5 rings (SSSR count). The van der Waals surface area contributed by atoms with Crippen LogP contribution in [0.3, 0.4) is 0 Å². The van der Waals surface area contributed by atoms with Crippen LogP contribution in [-0.4, -0.2) is 22.1 Å². The number of benzene rings is 3. The largest absolute Gasteiger partial charge is 0.508 e. The molecule has 38 heavy (non-hydrogen) atoms. The SMILES string of the molecule is Cc1c(CC(=O)NC(C(=O)O)c2ccc(O)cc2)c(=O)oc2c(C)c3occ(-c4ccc(Cl)cc4)c3cc12. The number of carboxylic acid groups (broad SMARTS) is 1. The van der Waals surface area contributed by atoms with Gasteiger partial charge in [-0.3, -0.25) is 4.79 Å². The van der Waals surface area contributed by atoms with E-state index in [1.54, 1.807) is 32.2 Å². The molecule has 0 aliphatic carbocycles. The number of nitrogens with one attached hydrogen (secondary N) is 1. The quantitative estimate of drug-likeness (QED) is 0.241. The number of phenolic OH excluding ortho intramolecular Hbond substituents is 1. The average molecular weight is 532 g/mol. The molecule has 3 aromatic carbocycles. The van der Waals surface area contributed by atoms with Gasteiger partial charge in [-0.1, -0.05) is 35.9 Å². The number of fused-ring (bicyclic) bond motifs is 2. The van der Waals surface area contributed by atoms with Gasteiger partial charge in [0, 0.05) is 26.9 Å². The summed E-state index contributed by atoms with van der Waals surface area (Å²) in [6, 6.07) is 13.3. The van der Waals surface area contributed by atoms with E-state index in [-0.39, 0.29) is 23.3 Å². The summed E-state index contributed by atoms with van der Waals surface area (Å²) in [4.78, 5) is 37.6. The number of phenols is 1. The lowest BCUT2D eigenvalue weighted by Crippen LogP contribution is -2.35.